The van der Waals surface area contributed by atoms with E-state index in [1.165, 1.54) is 0 Å². The minimum atomic E-state index is -1.01. The van der Waals surface area contributed by atoms with Gasteiger partial charge in [0.25, 0.3) is 0 Å². The van der Waals surface area contributed by atoms with E-state index < -0.39 is 5.97 Å². The van der Waals surface area contributed by atoms with Crippen molar-refractivity contribution in [2.45, 2.75) is 26.7 Å². The summed E-state index contributed by atoms with van der Waals surface area (Å²) < 4.78 is 7.80. The van der Waals surface area contributed by atoms with Crippen molar-refractivity contribution in [3.05, 3.63) is 39.2 Å². The minimum absolute atomic E-state index is 0.0909. The summed E-state index contributed by atoms with van der Waals surface area (Å²) in [7, 11) is 0. The van der Waals surface area contributed by atoms with Crippen molar-refractivity contribution in [3.8, 4) is 11.4 Å². The van der Waals surface area contributed by atoms with Crippen molar-refractivity contribution in [2.75, 3.05) is 6.61 Å². The molecule has 0 aliphatic heterocycles. The maximum Gasteiger partial charge on any atom is 0.357 e. The Bertz CT molecular complexity index is 648. The van der Waals surface area contributed by atoms with Crippen molar-refractivity contribution in [3.63, 3.8) is 0 Å². The first-order valence-corrected chi connectivity index (χ1v) is 7.78. The molecule has 0 saturated carbocycles. The van der Waals surface area contributed by atoms with Crippen molar-refractivity contribution in [1.29, 1.82) is 0 Å². The van der Waals surface area contributed by atoms with Crippen molar-refractivity contribution in [2.24, 2.45) is 0 Å². The molecule has 0 saturated heterocycles. The number of benzene rings is 1. The summed E-state index contributed by atoms with van der Waals surface area (Å²) in [6, 6.07) is 7.48. The predicted molar refractivity (Wildman–Crippen MR) is 88.5 cm³/mol. The number of carboxylic acid groups (broad SMARTS) is 1. The predicted octanol–water partition coefficient (Wildman–Crippen LogP) is 3.70. The van der Waals surface area contributed by atoms with Crippen LogP contribution in [0.3, 0.4) is 0 Å². The molecule has 2 rings (SSSR count). The fourth-order valence-electron chi connectivity index (χ4n) is 2.09. The summed E-state index contributed by atoms with van der Waals surface area (Å²) in [6.45, 7) is 6.59. The lowest BCUT2D eigenvalue weighted by Gasteiger charge is -2.11. The number of halogens is 1. The van der Waals surface area contributed by atoms with E-state index in [1.807, 2.05) is 45.0 Å². The molecule has 1 heterocycles. The molecule has 0 aliphatic rings. The van der Waals surface area contributed by atoms with E-state index in [4.69, 9.17) is 4.74 Å². The number of aromatic carboxylic acids is 1. The highest BCUT2D eigenvalue weighted by molar-refractivity contribution is 14.1. The normalized spacial score (nSPS) is 10.9. The molecular formula is C15H17IN2O3. The van der Waals surface area contributed by atoms with E-state index in [-0.39, 0.29) is 11.6 Å². The third-order valence-corrected chi connectivity index (χ3v) is 4.07. The van der Waals surface area contributed by atoms with E-state index in [9.17, 15) is 9.90 Å². The molecule has 0 amide bonds. The van der Waals surface area contributed by atoms with Gasteiger partial charge in [-0.15, -0.1) is 0 Å². The van der Waals surface area contributed by atoms with Gasteiger partial charge in [0, 0.05) is 0 Å². The largest absolute Gasteiger partial charge is 0.494 e. The maximum absolute atomic E-state index is 11.3. The molecule has 2 aromatic rings. The van der Waals surface area contributed by atoms with Crippen LogP contribution in [0.2, 0.25) is 0 Å². The quantitative estimate of drug-likeness (QED) is 0.778. The van der Waals surface area contributed by atoms with Gasteiger partial charge in [-0.25, -0.2) is 9.48 Å². The Morgan fingerprint density at radius 1 is 1.38 bits per heavy atom. The SMILES string of the molecule is CCOc1ccc(-n2nc(C(=O)O)c(I)c2C(C)C)cc1. The van der Waals surface area contributed by atoms with Crippen LogP contribution in [0.4, 0.5) is 0 Å². The van der Waals surface area contributed by atoms with Crippen LogP contribution in [0.1, 0.15) is 42.9 Å². The fraction of sp³-hybridized carbons (Fsp3) is 0.333. The lowest BCUT2D eigenvalue weighted by atomic mass is 10.1. The van der Waals surface area contributed by atoms with E-state index in [2.05, 4.69) is 27.7 Å². The lowest BCUT2D eigenvalue weighted by molar-refractivity contribution is 0.0689. The van der Waals surface area contributed by atoms with Gasteiger partial charge >= 0.3 is 5.97 Å². The second-order valence-electron chi connectivity index (χ2n) is 4.85. The lowest BCUT2D eigenvalue weighted by Crippen LogP contribution is -2.05. The van der Waals surface area contributed by atoms with Crippen LogP contribution in [0.25, 0.3) is 5.69 Å². The van der Waals surface area contributed by atoms with Gasteiger partial charge in [-0.2, -0.15) is 5.10 Å². The van der Waals surface area contributed by atoms with Gasteiger partial charge in [-0.1, -0.05) is 13.8 Å². The van der Waals surface area contributed by atoms with Crippen LogP contribution in [-0.4, -0.2) is 27.5 Å². The number of carboxylic acids is 1. The molecule has 5 nitrogen and oxygen atoms in total. The van der Waals surface area contributed by atoms with Gasteiger partial charge in [-0.3, -0.25) is 0 Å². The average Bonchev–Trinajstić information content (AvgIpc) is 2.78. The molecule has 0 atom stereocenters. The Labute approximate surface area is 137 Å². The molecule has 0 bridgehead atoms. The van der Waals surface area contributed by atoms with Crippen LogP contribution in [0.15, 0.2) is 24.3 Å². The highest BCUT2D eigenvalue weighted by Crippen LogP contribution is 2.28. The molecule has 0 radical (unpaired) electrons. The van der Waals surface area contributed by atoms with Gasteiger partial charge in [0.1, 0.15) is 5.75 Å². The number of rotatable bonds is 5. The van der Waals surface area contributed by atoms with Crippen molar-refractivity contribution < 1.29 is 14.6 Å². The fourth-order valence-corrected chi connectivity index (χ4v) is 3.28. The zero-order valence-electron chi connectivity index (χ0n) is 12.1. The maximum atomic E-state index is 11.3. The summed E-state index contributed by atoms with van der Waals surface area (Å²) in [4.78, 5) is 11.3. The molecule has 0 fully saturated rings. The number of nitrogens with zero attached hydrogens (tertiary/aromatic N) is 2. The average molecular weight is 400 g/mol. The number of hydrogen-bond donors (Lipinski definition) is 1. The van der Waals surface area contributed by atoms with Gasteiger partial charge in [-0.05, 0) is 59.7 Å². The summed E-state index contributed by atoms with van der Waals surface area (Å²) in [5.74, 6) is -0.0530. The van der Waals surface area contributed by atoms with Gasteiger partial charge in [0.05, 0.1) is 21.6 Å². The van der Waals surface area contributed by atoms with E-state index in [0.717, 1.165) is 17.1 Å². The molecule has 1 N–H and O–H groups in total. The molecule has 112 valence electrons. The smallest absolute Gasteiger partial charge is 0.357 e. The molecule has 21 heavy (non-hydrogen) atoms. The van der Waals surface area contributed by atoms with Crippen LogP contribution in [0.5, 0.6) is 5.75 Å². The van der Waals surface area contributed by atoms with Gasteiger partial charge in [0.15, 0.2) is 5.69 Å². The first-order valence-electron chi connectivity index (χ1n) is 6.70. The Morgan fingerprint density at radius 2 is 2.00 bits per heavy atom. The Balaban J connectivity index is 2.52. The van der Waals surface area contributed by atoms with Crippen molar-refractivity contribution >= 4 is 28.6 Å². The summed E-state index contributed by atoms with van der Waals surface area (Å²) in [5.41, 5.74) is 1.82. The summed E-state index contributed by atoms with van der Waals surface area (Å²) in [6.07, 6.45) is 0. The first-order chi connectivity index (χ1) is 9.95. The standard InChI is InChI=1S/C15H17IN2O3/c1-4-21-11-7-5-10(6-8-11)18-14(9(2)3)12(16)13(17-18)15(19)20/h5-9H,4H2,1-3H3,(H,19,20). The van der Waals surface area contributed by atoms with Crippen molar-refractivity contribution in [1.82, 2.24) is 9.78 Å². The number of ether oxygens (including phenoxy) is 1. The Morgan fingerprint density at radius 3 is 2.48 bits per heavy atom. The highest BCUT2D eigenvalue weighted by Gasteiger charge is 2.23. The monoisotopic (exact) mass is 400 g/mol. The number of hydrogen-bond acceptors (Lipinski definition) is 3. The van der Waals surface area contributed by atoms with E-state index in [0.29, 0.717) is 10.2 Å². The third kappa shape index (κ3) is 3.20. The van der Waals surface area contributed by atoms with Crippen LogP contribution in [-0.2, 0) is 0 Å². The van der Waals surface area contributed by atoms with Gasteiger partial charge in [0.2, 0.25) is 0 Å². The van der Waals surface area contributed by atoms with Crippen LogP contribution >= 0.6 is 22.6 Å². The summed E-state index contributed by atoms with van der Waals surface area (Å²) in [5, 5.41) is 13.5. The molecule has 0 unspecified atom stereocenters. The second kappa shape index (κ2) is 6.46. The number of carbonyl (C=O) groups is 1. The Hall–Kier alpha value is -1.57. The minimum Gasteiger partial charge on any atom is -0.494 e. The molecular weight excluding hydrogens is 383 g/mol. The van der Waals surface area contributed by atoms with E-state index >= 15 is 0 Å². The van der Waals surface area contributed by atoms with Crippen LogP contribution < -0.4 is 4.74 Å². The first kappa shape index (κ1) is 15.8. The second-order valence-corrected chi connectivity index (χ2v) is 5.93. The molecule has 6 heteroatoms. The van der Waals surface area contributed by atoms with Gasteiger partial charge < -0.3 is 9.84 Å². The third-order valence-electron chi connectivity index (χ3n) is 3.00. The topological polar surface area (TPSA) is 64.4 Å². The highest BCUT2D eigenvalue weighted by atomic mass is 127. The molecule has 1 aromatic carbocycles. The summed E-state index contributed by atoms with van der Waals surface area (Å²) >= 11 is 2.05. The molecule has 0 aliphatic carbocycles. The van der Waals surface area contributed by atoms with Crippen LogP contribution in [0, 0.1) is 3.57 Å². The Kier molecular flexibility index (Phi) is 4.87. The zero-order chi connectivity index (χ0) is 15.6. The molecule has 1 aromatic heterocycles. The molecule has 0 spiro atoms. The number of aromatic nitrogens is 2. The van der Waals surface area contributed by atoms with E-state index in [1.54, 1.807) is 4.68 Å². The zero-order valence-corrected chi connectivity index (χ0v) is 14.3.